The topological polar surface area (TPSA) is 66.9 Å². The number of amides is 2. The zero-order valence-corrected chi connectivity index (χ0v) is 12.9. The van der Waals surface area contributed by atoms with Gasteiger partial charge in [-0.2, -0.15) is 0 Å². The molecule has 0 aliphatic carbocycles. The van der Waals surface area contributed by atoms with Gasteiger partial charge in [0.15, 0.2) is 0 Å². The molecule has 7 heteroatoms. The number of halogens is 1. The molecule has 0 spiro atoms. The van der Waals surface area contributed by atoms with Gasteiger partial charge in [-0.25, -0.2) is 9.18 Å². The summed E-state index contributed by atoms with van der Waals surface area (Å²) in [5.41, 5.74) is 0.629. The summed E-state index contributed by atoms with van der Waals surface area (Å²) in [5, 5.41) is 14.6. The predicted molar refractivity (Wildman–Crippen MR) is 81.0 cm³/mol. The number of hydrogen-bond donors (Lipinski definition) is 2. The van der Waals surface area contributed by atoms with Gasteiger partial charge in [-0.3, -0.25) is 5.32 Å². The summed E-state index contributed by atoms with van der Waals surface area (Å²) in [5.74, 6) is -0.266. The molecule has 1 aromatic carbocycles. The Morgan fingerprint density at radius 3 is 2.52 bits per heavy atom. The average Bonchev–Trinajstić information content (AvgIpc) is 2.77. The molecule has 2 aromatic rings. The van der Waals surface area contributed by atoms with Crippen molar-refractivity contribution < 1.29 is 9.18 Å². The lowest BCUT2D eigenvalue weighted by Crippen LogP contribution is -2.43. The van der Waals surface area contributed by atoms with Crippen LogP contribution in [-0.4, -0.2) is 21.8 Å². The Morgan fingerprint density at radius 1 is 1.24 bits per heavy atom. The van der Waals surface area contributed by atoms with E-state index in [1.54, 1.807) is 12.1 Å². The lowest BCUT2D eigenvalue weighted by atomic mass is 10.1. The van der Waals surface area contributed by atoms with Crippen molar-refractivity contribution in [2.24, 2.45) is 0 Å². The van der Waals surface area contributed by atoms with Crippen LogP contribution < -0.4 is 10.6 Å². The summed E-state index contributed by atoms with van der Waals surface area (Å²) < 4.78 is 12.8. The van der Waals surface area contributed by atoms with Crippen molar-refractivity contribution in [3.8, 4) is 0 Å². The number of benzene rings is 1. The molecule has 2 rings (SSSR count). The van der Waals surface area contributed by atoms with Crippen LogP contribution in [0.1, 0.15) is 31.3 Å². The average molecular weight is 308 g/mol. The number of hydrogen-bond acceptors (Lipinski definition) is 4. The van der Waals surface area contributed by atoms with Gasteiger partial charge in [0.05, 0.1) is 0 Å². The fraction of sp³-hybridized carbons (Fsp3) is 0.357. The molecule has 112 valence electrons. The van der Waals surface area contributed by atoms with Gasteiger partial charge in [-0.05, 0) is 38.5 Å². The molecule has 0 atom stereocenters. The Labute approximate surface area is 126 Å². The second kappa shape index (κ2) is 6.17. The summed E-state index contributed by atoms with van der Waals surface area (Å²) >= 11 is 1.30. The number of urea groups is 1. The molecule has 2 amide bonds. The van der Waals surface area contributed by atoms with E-state index in [0.717, 1.165) is 10.6 Å². The highest BCUT2D eigenvalue weighted by molar-refractivity contribution is 7.15. The molecule has 0 aliphatic rings. The Hall–Kier alpha value is -2.02. The van der Waals surface area contributed by atoms with Gasteiger partial charge in [-0.15, -0.1) is 10.2 Å². The maximum atomic E-state index is 12.8. The van der Waals surface area contributed by atoms with Crippen LogP contribution in [0, 0.1) is 5.82 Å². The van der Waals surface area contributed by atoms with E-state index < -0.39 is 0 Å². The molecule has 0 unspecified atom stereocenters. The molecule has 2 N–H and O–H groups in total. The fourth-order valence-electron chi connectivity index (χ4n) is 1.62. The van der Waals surface area contributed by atoms with Crippen molar-refractivity contribution in [1.82, 2.24) is 15.5 Å². The van der Waals surface area contributed by atoms with Crippen molar-refractivity contribution in [2.45, 2.75) is 32.7 Å². The molecule has 0 saturated heterocycles. The highest BCUT2D eigenvalue weighted by Gasteiger charge is 2.15. The van der Waals surface area contributed by atoms with Gasteiger partial charge < -0.3 is 5.32 Å². The van der Waals surface area contributed by atoms with Gasteiger partial charge in [-0.1, -0.05) is 23.5 Å². The summed E-state index contributed by atoms with van der Waals surface area (Å²) in [4.78, 5) is 11.7. The minimum atomic E-state index is -0.314. The van der Waals surface area contributed by atoms with Gasteiger partial charge in [0.2, 0.25) is 5.13 Å². The predicted octanol–water partition coefficient (Wildman–Crippen LogP) is 3.19. The largest absolute Gasteiger partial charge is 0.333 e. The van der Waals surface area contributed by atoms with Gasteiger partial charge in [0, 0.05) is 12.0 Å². The third-order valence-corrected chi connectivity index (χ3v) is 3.28. The molecule has 5 nitrogen and oxygen atoms in total. The smallest absolute Gasteiger partial charge is 0.321 e. The zero-order chi connectivity index (χ0) is 15.5. The quantitative estimate of drug-likeness (QED) is 0.915. The molecule has 0 fully saturated rings. The summed E-state index contributed by atoms with van der Waals surface area (Å²) in [6.45, 7) is 5.69. The second-order valence-corrected chi connectivity index (χ2v) is 6.70. The van der Waals surface area contributed by atoms with Crippen LogP contribution >= 0.6 is 11.3 Å². The van der Waals surface area contributed by atoms with Crippen LogP contribution in [0.4, 0.5) is 14.3 Å². The third kappa shape index (κ3) is 5.11. The second-order valence-electron chi connectivity index (χ2n) is 5.63. The molecule has 0 aliphatic heterocycles. The Bertz CT molecular complexity index is 619. The molecule has 21 heavy (non-hydrogen) atoms. The molecule has 0 radical (unpaired) electrons. The number of carbonyl (C=O) groups is 1. The number of nitrogens with zero attached hydrogens (tertiary/aromatic N) is 2. The Balaban J connectivity index is 1.95. The Morgan fingerprint density at radius 2 is 1.90 bits per heavy atom. The van der Waals surface area contributed by atoms with E-state index in [0.29, 0.717) is 11.6 Å². The van der Waals surface area contributed by atoms with E-state index in [9.17, 15) is 9.18 Å². The van der Waals surface area contributed by atoms with Crippen LogP contribution in [0.15, 0.2) is 24.3 Å². The van der Waals surface area contributed by atoms with Crippen molar-refractivity contribution in [3.63, 3.8) is 0 Å². The highest BCUT2D eigenvalue weighted by Crippen LogP contribution is 2.18. The van der Waals surface area contributed by atoms with Crippen molar-refractivity contribution >= 4 is 22.5 Å². The molecular weight excluding hydrogens is 291 g/mol. The monoisotopic (exact) mass is 308 g/mol. The SMILES string of the molecule is CC(C)(C)NC(=O)Nc1nnc(Cc2ccc(F)cc2)s1. The van der Waals surface area contributed by atoms with Gasteiger partial charge in [0.25, 0.3) is 0 Å². The Kier molecular flexibility index (Phi) is 4.52. The summed E-state index contributed by atoms with van der Waals surface area (Å²) in [7, 11) is 0. The van der Waals surface area contributed by atoms with E-state index in [1.807, 2.05) is 20.8 Å². The number of rotatable bonds is 3. The standard InChI is InChI=1S/C14H17FN4OS/c1-14(2,3)17-12(20)16-13-19-18-11(21-13)8-9-4-6-10(15)7-5-9/h4-7H,8H2,1-3H3,(H2,16,17,19,20). The van der Waals surface area contributed by atoms with Crippen LogP contribution in [0.25, 0.3) is 0 Å². The molecule has 1 aromatic heterocycles. The van der Waals surface area contributed by atoms with E-state index >= 15 is 0 Å². The lowest BCUT2D eigenvalue weighted by molar-refractivity contribution is 0.244. The zero-order valence-electron chi connectivity index (χ0n) is 12.1. The number of carbonyl (C=O) groups excluding carboxylic acids is 1. The highest BCUT2D eigenvalue weighted by atomic mass is 32.1. The first-order valence-electron chi connectivity index (χ1n) is 6.48. The van der Waals surface area contributed by atoms with Crippen molar-refractivity contribution in [3.05, 3.63) is 40.7 Å². The van der Waals surface area contributed by atoms with Crippen molar-refractivity contribution in [2.75, 3.05) is 5.32 Å². The van der Waals surface area contributed by atoms with Gasteiger partial charge >= 0.3 is 6.03 Å². The molecule has 1 heterocycles. The number of nitrogens with one attached hydrogen (secondary N) is 2. The first kappa shape index (κ1) is 15.4. The van der Waals surface area contributed by atoms with E-state index in [-0.39, 0.29) is 17.4 Å². The normalized spacial score (nSPS) is 11.2. The first-order valence-corrected chi connectivity index (χ1v) is 7.29. The number of aromatic nitrogens is 2. The number of anilines is 1. The molecule has 0 bridgehead atoms. The van der Waals surface area contributed by atoms with E-state index in [4.69, 9.17) is 0 Å². The van der Waals surface area contributed by atoms with Gasteiger partial charge in [0.1, 0.15) is 10.8 Å². The first-order chi connectivity index (χ1) is 9.82. The maximum absolute atomic E-state index is 12.8. The summed E-state index contributed by atoms with van der Waals surface area (Å²) in [6, 6.07) is 5.91. The maximum Gasteiger partial charge on any atom is 0.321 e. The lowest BCUT2D eigenvalue weighted by Gasteiger charge is -2.19. The van der Waals surface area contributed by atoms with Crippen LogP contribution in [0.3, 0.4) is 0 Å². The third-order valence-electron chi connectivity index (χ3n) is 2.44. The minimum absolute atomic E-state index is 0.266. The molecular formula is C14H17FN4OS. The minimum Gasteiger partial charge on any atom is -0.333 e. The van der Waals surface area contributed by atoms with Crippen molar-refractivity contribution in [1.29, 1.82) is 0 Å². The van der Waals surface area contributed by atoms with Crippen LogP contribution in [-0.2, 0) is 6.42 Å². The summed E-state index contributed by atoms with van der Waals surface area (Å²) in [6.07, 6.45) is 0.556. The molecule has 0 saturated carbocycles. The van der Waals surface area contributed by atoms with Crippen LogP contribution in [0.5, 0.6) is 0 Å². The van der Waals surface area contributed by atoms with E-state index in [1.165, 1.54) is 23.5 Å². The fourth-order valence-corrected chi connectivity index (χ4v) is 2.39. The van der Waals surface area contributed by atoms with E-state index in [2.05, 4.69) is 20.8 Å². The van der Waals surface area contributed by atoms with Crippen LogP contribution in [0.2, 0.25) is 0 Å².